The third-order valence-electron chi connectivity index (χ3n) is 2.80. The topological polar surface area (TPSA) is 40.5 Å². The molecule has 1 N–H and O–H groups in total. The van der Waals surface area contributed by atoms with Crippen LogP contribution in [0.15, 0.2) is 0 Å². The van der Waals surface area contributed by atoms with Gasteiger partial charge in [0.05, 0.1) is 5.92 Å². The molecule has 0 saturated carbocycles. The summed E-state index contributed by atoms with van der Waals surface area (Å²) in [4.78, 5) is 12.6. The Hall–Kier alpha value is -0.710. The van der Waals surface area contributed by atoms with Gasteiger partial charge in [0.2, 0.25) is 5.92 Å². The third-order valence-corrected chi connectivity index (χ3v) is 2.80. The van der Waals surface area contributed by atoms with E-state index in [0.29, 0.717) is 32.5 Å². The number of hydrogen-bond acceptors (Lipinski definition) is 2. The molecular formula is C10H17F2NO2. The van der Waals surface area contributed by atoms with Crippen molar-refractivity contribution in [3.8, 4) is 0 Å². The fourth-order valence-electron chi connectivity index (χ4n) is 1.76. The van der Waals surface area contributed by atoms with Crippen molar-refractivity contribution >= 4 is 5.97 Å². The van der Waals surface area contributed by atoms with Crippen LogP contribution in [-0.4, -0.2) is 41.5 Å². The van der Waals surface area contributed by atoms with Gasteiger partial charge in [-0.2, -0.15) is 0 Å². The molecule has 0 aromatic rings. The van der Waals surface area contributed by atoms with Crippen LogP contribution in [0.4, 0.5) is 8.78 Å². The Morgan fingerprint density at radius 1 is 1.47 bits per heavy atom. The van der Waals surface area contributed by atoms with Crippen molar-refractivity contribution in [2.24, 2.45) is 5.92 Å². The highest BCUT2D eigenvalue weighted by Crippen LogP contribution is 2.21. The lowest BCUT2D eigenvalue weighted by Crippen LogP contribution is -2.38. The zero-order valence-electron chi connectivity index (χ0n) is 8.88. The van der Waals surface area contributed by atoms with Crippen LogP contribution in [-0.2, 0) is 4.79 Å². The third kappa shape index (κ3) is 4.55. The van der Waals surface area contributed by atoms with Gasteiger partial charge in [-0.3, -0.25) is 4.79 Å². The fraction of sp³-hybridized carbons (Fsp3) is 0.900. The first kappa shape index (κ1) is 12.4. The molecule has 1 heterocycles. The molecule has 0 aliphatic carbocycles. The molecule has 0 aromatic heterocycles. The van der Waals surface area contributed by atoms with E-state index in [0.717, 1.165) is 6.92 Å². The first-order valence-electron chi connectivity index (χ1n) is 5.21. The van der Waals surface area contributed by atoms with Gasteiger partial charge < -0.3 is 10.0 Å². The van der Waals surface area contributed by atoms with E-state index in [1.165, 1.54) is 0 Å². The number of alkyl halides is 2. The van der Waals surface area contributed by atoms with Crippen LogP contribution in [0.5, 0.6) is 0 Å². The van der Waals surface area contributed by atoms with Crippen molar-refractivity contribution in [2.45, 2.75) is 32.1 Å². The zero-order chi connectivity index (χ0) is 11.5. The maximum absolute atomic E-state index is 12.6. The molecule has 0 amide bonds. The van der Waals surface area contributed by atoms with E-state index in [1.54, 1.807) is 0 Å². The summed E-state index contributed by atoms with van der Waals surface area (Å²) in [5, 5.41) is 8.75. The van der Waals surface area contributed by atoms with E-state index in [4.69, 9.17) is 5.11 Å². The molecule has 1 rings (SSSR count). The highest BCUT2D eigenvalue weighted by Gasteiger charge is 2.27. The summed E-state index contributed by atoms with van der Waals surface area (Å²) in [5.74, 6) is -3.68. The smallest absolute Gasteiger partial charge is 0.306 e. The van der Waals surface area contributed by atoms with E-state index < -0.39 is 11.9 Å². The molecule has 88 valence electrons. The Morgan fingerprint density at radius 3 is 2.40 bits per heavy atom. The lowest BCUT2D eigenvalue weighted by molar-refractivity contribution is -0.143. The second kappa shape index (κ2) is 4.88. The van der Waals surface area contributed by atoms with E-state index in [-0.39, 0.29) is 12.3 Å². The molecule has 1 aliphatic rings. The van der Waals surface area contributed by atoms with Crippen LogP contribution in [0.1, 0.15) is 26.2 Å². The van der Waals surface area contributed by atoms with Gasteiger partial charge in [0, 0.05) is 13.0 Å². The summed E-state index contributed by atoms with van der Waals surface area (Å²) in [6, 6.07) is 0. The maximum Gasteiger partial charge on any atom is 0.306 e. The average molecular weight is 221 g/mol. The van der Waals surface area contributed by atoms with Crippen LogP contribution >= 0.6 is 0 Å². The number of nitrogens with zero attached hydrogens (tertiary/aromatic N) is 1. The molecule has 0 unspecified atom stereocenters. The largest absolute Gasteiger partial charge is 0.481 e. The normalized spacial score (nSPS) is 20.5. The number of hydrogen-bond donors (Lipinski definition) is 1. The molecule has 0 radical (unpaired) electrons. The van der Waals surface area contributed by atoms with Gasteiger partial charge in [-0.25, -0.2) is 8.78 Å². The summed E-state index contributed by atoms with van der Waals surface area (Å²) in [7, 11) is 0. The van der Waals surface area contributed by atoms with Crippen LogP contribution in [0, 0.1) is 5.92 Å². The van der Waals surface area contributed by atoms with Gasteiger partial charge in [-0.1, -0.05) is 0 Å². The number of carboxylic acid groups (broad SMARTS) is 1. The molecule has 1 saturated heterocycles. The van der Waals surface area contributed by atoms with Crippen LogP contribution in [0.3, 0.4) is 0 Å². The van der Waals surface area contributed by atoms with E-state index >= 15 is 0 Å². The van der Waals surface area contributed by atoms with E-state index in [2.05, 4.69) is 0 Å². The van der Waals surface area contributed by atoms with Crippen molar-refractivity contribution in [1.29, 1.82) is 0 Å². The molecule has 0 atom stereocenters. The highest BCUT2D eigenvalue weighted by molar-refractivity contribution is 5.70. The first-order valence-corrected chi connectivity index (χ1v) is 5.21. The molecule has 0 spiro atoms. The summed E-state index contributed by atoms with van der Waals surface area (Å²) >= 11 is 0. The molecule has 3 nitrogen and oxygen atoms in total. The predicted molar refractivity (Wildman–Crippen MR) is 52.0 cm³/mol. The summed E-state index contributed by atoms with van der Waals surface area (Å²) in [6.07, 6.45) is 1.000. The van der Waals surface area contributed by atoms with Crippen LogP contribution in [0.2, 0.25) is 0 Å². The van der Waals surface area contributed by atoms with Gasteiger partial charge in [-0.15, -0.1) is 0 Å². The standard InChI is InChI=1S/C10H17F2NO2/c1-10(11,12)4-7-13-5-2-8(3-6-13)9(14)15/h8H,2-7H2,1H3,(H,14,15). The van der Waals surface area contributed by atoms with Crippen LogP contribution < -0.4 is 0 Å². The first-order chi connectivity index (χ1) is 6.88. The number of carboxylic acids is 1. The molecule has 1 fully saturated rings. The van der Waals surface area contributed by atoms with Gasteiger partial charge in [0.1, 0.15) is 0 Å². The Kier molecular flexibility index (Phi) is 4.02. The highest BCUT2D eigenvalue weighted by atomic mass is 19.3. The Labute approximate surface area is 88.1 Å². The lowest BCUT2D eigenvalue weighted by atomic mass is 9.97. The van der Waals surface area contributed by atoms with Gasteiger partial charge in [-0.05, 0) is 32.9 Å². The second-order valence-corrected chi connectivity index (χ2v) is 4.27. The van der Waals surface area contributed by atoms with E-state index in [9.17, 15) is 13.6 Å². The summed E-state index contributed by atoms with van der Waals surface area (Å²) < 4.78 is 25.1. The van der Waals surface area contributed by atoms with Crippen molar-refractivity contribution in [3.63, 3.8) is 0 Å². The van der Waals surface area contributed by atoms with Crippen molar-refractivity contribution in [1.82, 2.24) is 4.90 Å². The van der Waals surface area contributed by atoms with E-state index in [1.807, 2.05) is 4.90 Å². The quantitative estimate of drug-likeness (QED) is 0.787. The van der Waals surface area contributed by atoms with Crippen LogP contribution in [0.25, 0.3) is 0 Å². The van der Waals surface area contributed by atoms with Gasteiger partial charge in [0.15, 0.2) is 0 Å². The zero-order valence-corrected chi connectivity index (χ0v) is 8.88. The SMILES string of the molecule is CC(F)(F)CCN1CCC(C(=O)O)CC1. The number of piperidine rings is 1. The van der Waals surface area contributed by atoms with Gasteiger partial charge >= 0.3 is 5.97 Å². The number of rotatable bonds is 4. The molecule has 5 heteroatoms. The maximum atomic E-state index is 12.6. The van der Waals surface area contributed by atoms with Crippen molar-refractivity contribution < 1.29 is 18.7 Å². The molecular weight excluding hydrogens is 204 g/mol. The minimum Gasteiger partial charge on any atom is -0.481 e. The molecule has 0 bridgehead atoms. The Bertz CT molecular complexity index is 220. The summed E-state index contributed by atoms with van der Waals surface area (Å²) in [5.41, 5.74) is 0. The van der Waals surface area contributed by atoms with Crippen molar-refractivity contribution in [3.05, 3.63) is 0 Å². The predicted octanol–water partition coefficient (Wildman–Crippen LogP) is 1.83. The Balaban J connectivity index is 2.23. The second-order valence-electron chi connectivity index (χ2n) is 4.27. The fourth-order valence-corrected chi connectivity index (χ4v) is 1.76. The summed E-state index contributed by atoms with van der Waals surface area (Å²) in [6.45, 7) is 2.51. The number of likely N-dealkylation sites (tertiary alicyclic amines) is 1. The molecule has 1 aliphatic heterocycles. The average Bonchev–Trinajstić information content (AvgIpc) is 2.14. The minimum atomic E-state index is -2.62. The minimum absolute atomic E-state index is 0.148. The van der Waals surface area contributed by atoms with Gasteiger partial charge in [0.25, 0.3) is 0 Å². The number of halogens is 2. The number of carbonyl (C=O) groups is 1. The molecule has 0 aromatic carbocycles. The monoisotopic (exact) mass is 221 g/mol. The Morgan fingerprint density at radius 2 is 2.00 bits per heavy atom. The number of aliphatic carboxylic acids is 1. The molecule has 15 heavy (non-hydrogen) atoms. The lowest BCUT2D eigenvalue weighted by Gasteiger charge is -2.30. The van der Waals surface area contributed by atoms with Crippen molar-refractivity contribution in [2.75, 3.05) is 19.6 Å².